The Hall–Kier alpha value is -1.06. The van der Waals surface area contributed by atoms with Crippen molar-refractivity contribution in [1.82, 2.24) is 0 Å². The van der Waals surface area contributed by atoms with E-state index >= 15 is 0 Å². The maximum atomic E-state index is 8.93. The number of hydrogen-bond acceptors (Lipinski definition) is 3. The maximum Gasteiger partial charge on any atom is 0.124 e. The zero-order valence-electron chi connectivity index (χ0n) is 10.2. The van der Waals surface area contributed by atoms with E-state index in [0.29, 0.717) is 6.61 Å². The average molecular weight is 223 g/mol. The molecule has 0 fully saturated rings. The molecule has 0 heterocycles. The lowest BCUT2D eigenvalue weighted by Gasteiger charge is -2.16. The number of aliphatic hydroxyl groups excluding tert-OH is 1. The van der Waals surface area contributed by atoms with Crippen molar-refractivity contribution in [3.05, 3.63) is 29.3 Å². The van der Waals surface area contributed by atoms with E-state index < -0.39 is 0 Å². The number of benzene rings is 1. The number of nitrogens with two attached hydrogens (primary N) is 1. The van der Waals surface area contributed by atoms with Crippen molar-refractivity contribution in [2.24, 2.45) is 11.7 Å². The first-order chi connectivity index (χ1) is 7.54. The molecule has 16 heavy (non-hydrogen) atoms. The molecule has 1 rings (SSSR count). The third kappa shape index (κ3) is 3.51. The normalized spacial score (nSPS) is 14.6. The van der Waals surface area contributed by atoms with Crippen LogP contribution in [0.4, 0.5) is 0 Å². The Morgan fingerprint density at radius 3 is 2.62 bits per heavy atom. The first-order valence-corrected chi connectivity index (χ1v) is 5.64. The van der Waals surface area contributed by atoms with Crippen LogP contribution in [0, 0.1) is 12.8 Å². The highest BCUT2D eigenvalue weighted by Crippen LogP contribution is 2.25. The lowest BCUT2D eigenvalue weighted by atomic mass is 10.1. The van der Waals surface area contributed by atoms with Crippen LogP contribution in [-0.4, -0.2) is 18.3 Å². The molecule has 2 atom stereocenters. The van der Waals surface area contributed by atoms with Crippen molar-refractivity contribution in [3.63, 3.8) is 0 Å². The van der Waals surface area contributed by atoms with Gasteiger partial charge in [0.05, 0.1) is 6.61 Å². The third-order valence-electron chi connectivity index (χ3n) is 2.49. The van der Waals surface area contributed by atoms with Crippen molar-refractivity contribution < 1.29 is 9.84 Å². The van der Waals surface area contributed by atoms with Gasteiger partial charge in [-0.25, -0.2) is 0 Å². The minimum absolute atomic E-state index is 0.0423. The van der Waals surface area contributed by atoms with E-state index in [1.807, 2.05) is 39.0 Å². The van der Waals surface area contributed by atoms with E-state index in [-0.39, 0.29) is 18.6 Å². The van der Waals surface area contributed by atoms with Gasteiger partial charge in [-0.2, -0.15) is 0 Å². The Kier molecular flexibility index (Phi) is 4.77. The first kappa shape index (κ1) is 13.0. The third-order valence-corrected chi connectivity index (χ3v) is 2.49. The topological polar surface area (TPSA) is 55.5 Å². The Morgan fingerprint density at radius 1 is 1.38 bits per heavy atom. The highest BCUT2D eigenvalue weighted by Gasteiger charge is 2.09. The molecule has 0 amide bonds. The van der Waals surface area contributed by atoms with E-state index in [9.17, 15) is 0 Å². The fraction of sp³-hybridized carbons (Fsp3) is 0.538. The summed E-state index contributed by atoms with van der Waals surface area (Å²) in [6.07, 6.45) is 0. The van der Waals surface area contributed by atoms with Crippen LogP contribution in [0.15, 0.2) is 18.2 Å². The monoisotopic (exact) mass is 223 g/mol. The molecule has 1 aromatic rings. The predicted octanol–water partition coefficient (Wildman–Crippen LogP) is 2.02. The van der Waals surface area contributed by atoms with Crippen molar-refractivity contribution in [1.29, 1.82) is 0 Å². The van der Waals surface area contributed by atoms with Gasteiger partial charge >= 0.3 is 0 Å². The van der Waals surface area contributed by atoms with E-state index in [0.717, 1.165) is 11.3 Å². The van der Waals surface area contributed by atoms with Crippen molar-refractivity contribution in [2.45, 2.75) is 26.8 Å². The highest BCUT2D eigenvalue weighted by molar-refractivity contribution is 5.38. The molecule has 0 aliphatic heterocycles. The lowest BCUT2D eigenvalue weighted by Crippen LogP contribution is -2.14. The molecule has 0 radical (unpaired) electrons. The van der Waals surface area contributed by atoms with Crippen LogP contribution < -0.4 is 10.5 Å². The van der Waals surface area contributed by atoms with Gasteiger partial charge in [0.2, 0.25) is 0 Å². The van der Waals surface area contributed by atoms with Crippen molar-refractivity contribution in [3.8, 4) is 5.75 Å². The van der Waals surface area contributed by atoms with Gasteiger partial charge in [-0.05, 0) is 19.9 Å². The quantitative estimate of drug-likeness (QED) is 0.803. The van der Waals surface area contributed by atoms with Gasteiger partial charge < -0.3 is 15.6 Å². The maximum absolute atomic E-state index is 8.93. The van der Waals surface area contributed by atoms with Gasteiger partial charge in [0, 0.05) is 24.1 Å². The van der Waals surface area contributed by atoms with E-state index in [1.54, 1.807) is 0 Å². The molecule has 3 nitrogen and oxygen atoms in total. The van der Waals surface area contributed by atoms with E-state index in [2.05, 4.69) is 0 Å². The zero-order chi connectivity index (χ0) is 12.1. The standard InChI is InChI=1S/C13H21NO2/c1-9-4-5-13(12(6-9)11(3)14)16-8-10(2)7-15/h4-6,10-11,15H,7-8,14H2,1-3H3. The number of aliphatic hydroxyl groups is 1. The summed E-state index contributed by atoms with van der Waals surface area (Å²) in [6.45, 7) is 6.57. The fourth-order valence-corrected chi connectivity index (χ4v) is 1.44. The summed E-state index contributed by atoms with van der Waals surface area (Å²) in [4.78, 5) is 0. The molecule has 1 aromatic carbocycles. The molecule has 90 valence electrons. The molecule has 0 saturated heterocycles. The number of aryl methyl sites for hydroxylation is 1. The smallest absolute Gasteiger partial charge is 0.124 e. The van der Waals surface area contributed by atoms with Crippen LogP contribution in [0.25, 0.3) is 0 Å². The Balaban J connectivity index is 2.78. The Morgan fingerprint density at radius 2 is 2.06 bits per heavy atom. The number of ether oxygens (including phenoxy) is 1. The van der Waals surface area contributed by atoms with Gasteiger partial charge in [0.15, 0.2) is 0 Å². The molecular formula is C13H21NO2. The Bertz CT molecular complexity index is 337. The molecule has 0 aromatic heterocycles. The minimum Gasteiger partial charge on any atom is -0.493 e. The second kappa shape index (κ2) is 5.87. The van der Waals surface area contributed by atoms with Crippen LogP contribution in [0.2, 0.25) is 0 Å². The number of rotatable bonds is 5. The zero-order valence-corrected chi connectivity index (χ0v) is 10.2. The molecule has 0 aliphatic carbocycles. The van der Waals surface area contributed by atoms with Crippen molar-refractivity contribution in [2.75, 3.05) is 13.2 Å². The van der Waals surface area contributed by atoms with E-state index in [1.165, 1.54) is 5.56 Å². The van der Waals surface area contributed by atoms with Crippen LogP contribution in [-0.2, 0) is 0 Å². The predicted molar refractivity (Wildman–Crippen MR) is 65.5 cm³/mol. The molecule has 0 spiro atoms. The molecular weight excluding hydrogens is 202 g/mol. The summed E-state index contributed by atoms with van der Waals surface area (Å²) in [6, 6.07) is 5.95. The van der Waals surface area contributed by atoms with Crippen LogP contribution in [0.3, 0.4) is 0 Å². The summed E-state index contributed by atoms with van der Waals surface area (Å²) in [5.74, 6) is 0.961. The largest absolute Gasteiger partial charge is 0.493 e. The molecule has 0 saturated carbocycles. The molecule has 0 aliphatic rings. The highest BCUT2D eigenvalue weighted by atomic mass is 16.5. The van der Waals surface area contributed by atoms with Crippen LogP contribution >= 0.6 is 0 Å². The summed E-state index contributed by atoms with van der Waals surface area (Å²) in [5.41, 5.74) is 8.09. The second-order valence-electron chi connectivity index (χ2n) is 4.43. The van der Waals surface area contributed by atoms with Gasteiger partial charge in [0.1, 0.15) is 5.75 Å². The first-order valence-electron chi connectivity index (χ1n) is 5.64. The molecule has 2 unspecified atom stereocenters. The van der Waals surface area contributed by atoms with Crippen LogP contribution in [0.1, 0.15) is 31.0 Å². The minimum atomic E-state index is -0.0423. The number of hydrogen-bond donors (Lipinski definition) is 2. The van der Waals surface area contributed by atoms with Crippen LogP contribution in [0.5, 0.6) is 5.75 Å². The summed E-state index contributed by atoms with van der Waals surface area (Å²) in [7, 11) is 0. The van der Waals surface area contributed by atoms with Gasteiger partial charge in [0.25, 0.3) is 0 Å². The Labute approximate surface area is 97.2 Å². The second-order valence-corrected chi connectivity index (χ2v) is 4.43. The van der Waals surface area contributed by atoms with Gasteiger partial charge in [-0.15, -0.1) is 0 Å². The van der Waals surface area contributed by atoms with Gasteiger partial charge in [-0.3, -0.25) is 0 Å². The summed E-state index contributed by atoms with van der Waals surface area (Å²) >= 11 is 0. The summed E-state index contributed by atoms with van der Waals surface area (Å²) in [5, 5.41) is 8.93. The fourth-order valence-electron chi connectivity index (χ4n) is 1.44. The molecule has 3 N–H and O–H groups in total. The molecule has 0 bridgehead atoms. The van der Waals surface area contributed by atoms with E-state index in [4.69, 9.17) is 15.6 Å². The van der Waals surface area contributed by atoms with Crippen molar-refractivity contribution >= 4 is 0 Å². The summed E-state index contributed by atoms with van der Waals surface area (Å²) < 4.78 is 5.67. The average Bonchev–Trinajstić information content (AvgIpc) is 2.26. The SMILES string of the molecule is Cc1ccc(OCC(C)CO)c(C(C)N)c1. The molecule has 3 heteroatoms. The lowest BCUT2D eigenvalue weighted by molar-refractivity contribution is 0.173. The van der Waals surface area contributed by atoms with Gasteiger partial charge in [-0.1, -0.05) is 24.6 Å².